The quantitative estimate of drug-likeness (QED) is 0.654. The van der Waals surface area contributed by atoms with Crippen molar-refractivity contribution < 1.29 is 4.79 Å². The summed E-state index contributed by atoms with van der Waals surface area (Å²) in [5.41, 5.74) is 5.31. The van der Waals surface area contributed by atoms with Crippen molar-refractivity contribution >= 4 is 11.9 Å². The van der Waals surface area contributed by atoms with E-state index in [1.807, 2.05) is 19.2 Å². The summed E-state index contributed by atoms with van der Waals surface area (Å²) in [6, 6.07) is 1.75. The molecule has 8 heteroatoms. The van der Waals surface area contributed by atoms with E-state index in [2.05, 4.69) is 25.6 Å². The minimum Gasteiger partial charge on any atom is -0.366 e. The van der Waals surface area contributed by atoms with Gasteiger partial charge in [-0.15, -0.1) is 5.10 Å². The molecule has 0 radical (unpaired) electrons. The van der Waals surface area contributed by atoms with E-state index in [0.717, 1.165) is 0 Å². The molecule has 2 rings (SSSR count). The van der Waals surface area contributed by atoms with Gasteiger partial charge in [-0.1, -0.05) is 0 Å². The molecule has 0 aliphatic heterocycles. The summed E-state index contributed by atoms with van der Waals surface area (Å²) in [5, 5.41) is 12.8. The highest BCUT2D eigenvalue weighted by atomic mass is 16.2. The molecule has 2 aromatic rings. The summed E-state index contributed by atoms with van der Waals surface area (Å²) in [7, 11) is 0. The minimum atomic E-state index is -0.339. The molecule has 0 bridgehead atoms. The first-order valence-electron chi connectivity index (χ1n) is 5.11. The lowest BCUT2D eigenvalue weighted by Crippen LogP contribution is -2.36. The lowest BCUT2D eigenvalue weighted by molar-refractivity contribution is 0.0926. The van der Waals surface area contributed by atoms with Crippen molar-refractivity contribution in [2.75, 3.05) is 5.73 Å². The van der Waals surface area contributed by atoms with Crippen molar-refractivity contribution in [1.82, 2.24) is 30.3 Å². The third kappa shape index (κ3) is 2.80. The number of aromatic nitrogens is 5. The Balaban J connectivity index is 1.90. The average Bonchev–Trinajstić information content (AvgIpc) is 2.89. The largest absolute Gasteiger partial charge is 0.366 e. The summed E-state index contributed by atoms with van der Waals surface area (Å²) < 4.78 is 1.74. The molecule has 17 heavy (non-hydrogen) atoms. The van der Waals surface area contributed by atoms with Crippen LogP contribution in [0.15, 0.2) is 18.5 Å². The summed E-state index contributed by atoms with van der Waals surface area (Å²) in [5.74, 6) is -0.182. The van der Waals surface area contributed by atoms with Gasteiger partial charge in [0.05, 0.1) is 6.54 Å². The van der Waals surface area contributed by atoms with Crippen LogP contribution in [0.25, 0.3) is 0 Å². The van der Waals surface area contributed by atoms with Crippen molar-refractivity contribution in [1.29, 1.82) is 0 Å². The summed E-state index contributed by atoms with van der Waals surface area (Å²) in [4.78, 5) is 15.4. The number of hydrogen-bond acceptors (Lipinski definition) is 5. The summed E-state index contributed by atoms with van der Waals surface area (Å²) in [6.07, 6.45) is 3.51. The van der Waals surface area contributed by atoms with Crippen LogP contribution in [0.2, 0.25) is 0 Å². The predicted molar refractivity (Wildman–Crippen MR) is 60.0 cm³/mol. The molecule has 4 N–H and O–H groups in total. The Hall–Kier alpha value is -2.38. The first-order valence-corrected chi connectivity index (χ1v) is 5.11. The number of anilines is 1. The van der Waals surface area contributed by atoms with Gasteiger partial charge in [-0.05, 0) is 13.0 Å². The van der Waals surface area contributed by atoms with Crippen molar-refractivity contribution in [3.8, 4) is 0 Å². The van der Waals surface area contributed by atoms with Crippen LogP contribution in [0.4, 0.5) is 5.95 Å². The van der Waals surface area contributed by atoms with Crippen LogP contribution in [0.1, 0.15) is 17.5 Å². The predicted octanol–water partition coefficient (Wildman–Crippen LogP) is -0.598. The second kappa shape index (κ2) is 4.64. The van der Waals surface area contributed by atoms with E-state index >= 15 is 0 Å². The molecule has 2 heterocycles. The van der Waals surface area contributed by atoms with Crippen molar-refractivity contribution in [2.45, 2.75) is 19.5 Å². The van der Waals surface area contributed by atoms with E-state index < -0.39 is 0 Å². The smallest absolute Gasteiger partial charge is 0.288 e. The zero-order valence-electron chi connectivity index (χ0n) is 9.29. The average molecular weight is 235 g/mol. The Morgan fingerprint density at radius 1 is 1.71 bits per heavy atom. The van der Waals surface area contributed by atoms with Gasteiger partial charge in [0, 0.05) is 18.4 Å². The zero-order chi connectivity index (χ0) is 12.3. The number of carbonyl (C=O) groups is 1. The third-order valence-corrected chi connectivity index (χ3v) is 2.12. The standard InChI is InChI=1S/C9H13N7O/c1-6(5-16-4-2-3-11-16)12-8(17)7-13-9(10)15-14-7/h2-4,6H,5H2,1H3,(H,12,17)(H3,10,13,14,15). The molecule has 8 nitrogen and oxygen atoms in total. The van der Waals surface area contributed by atoms with E-state index in [1.165, 1.54) is 0 Å². The minimum absolute atomic E-state index is 0.0508. The molecule has 0 saturated heterocycles. The maximum absolute atomic E-state index is 11.7. The van der Waals surface area contributed by atoms with Crippen LogP contribution in [0.3, 0.4) is 0 Å². The van der Waals surface area contributed by atoms with Gasteiger partial charge in [-0.25, -0.2) is 0 Å². The maximum Gasteiger partial charge on any atom is 0.288 e. The molecule has 1 amide bonds. The monoisotopic (exact) mass is 235 g/mol. The van der Waals surface area contributed by atoms with Crippen LogP contribution in [0, 0.1) is 0 Å². The Morgan fingerprint density at radius 3 is 3.12 bits per heavy atom. The number of rotatable bonds is 4. The highest BCUT2D eigenvalue weighted by Gasteiger charge is 2.13. The fourth-order valence-corrected chi connectivity index (χ4v) is 1.40. The van der Waals surface area contributed by atoms with Crippen LogP contribution in [-0.2, 0) is 6.54 Å². The molecule has 90 valence electrons. The molecule has 0 aliphatic carbocycles. The lowest BCUT2D eigenvalue weighted by atomic mass is 10.3. The second-order valence-electron chi connectivity index (χ2n) is 3.64. The molecular formula is C9H13N7O. The van der Waals surface area contributed by atoms with Gasteiger partial charge in [-0.3, -0.25) is 14.6 Å². The number of H-pyrrole nitrogens is 1. The number of nitrogens with zero attached hydrogens (tertiary/aromatic N) is 4. The van der Waals surface area contributed by atoms with E-state index in [9.17, 15) is 4.79 Å². The second-order valence-corrected chi connectivity index (χ2v) is 3.64. The van der Waals surface area contributed by atoms with Gasteiger partial charge in [0.15, 0.2) is 0 Å². The van der Waals surface area contributed by atoms with Crippen LogP contribution in [-0.4, -0.2) is 36.9 Å². The number of amides is 1. The number of hydrogen-bond donors (Lipinski definition) is 3. The van der Waals surface area contributed by atoms with E-state index in [4.69, 9.17) is 5.73 Å². The number of nitrogens with one attached hydrogen (secondary N) is 2. The van der Waals surface area contributed by atoms with Crippen molar-refractivity contribution in [3.05, 3.63) is 24.3 Å². The lowest BCUT2D eigenvalue weighted by Gasteiger charge is -2.12. The van der Waals surface area contributed by atoms with Crippen molar-refractivity contribution in [3.63, 3.8) is 0 Å². The molecule has 0 aliphatic rings. The molecule has 0 aromatic carbocycles. The number of nitrogen functional groups attached to an aromatic ring is 1. The van der Waals surface area contributed by atoms with Crippen LogP contribution in [0.5, 0.6) is 0 Å². The molecule has 0 saturated carbocycles. The summed E-state index contributed by atoms with van der Waals surface area (Å²) >= 11 is 0. The highest BCUT2D eigenvalue weighted by Crippen LogP contribution is 1.95. The van der Waals surface area contributed by atoms with E-state index in [-0.39, 0.29) is 23.7 Å². The number of aromatic amines is 1. The Bertz CT molecular complexity index is 489. The highest BCUT2D eigenvalue weighted by molar-refractivity contribution is 5.90. The molecule has 0 fully saturated rings. The first kappa shape index (κ1) is 11.1. The Morgan fingerprint density at radius 2 is 2.53 bits per heavy atom. The van der Waals surface area contributed by atoms with Gasteiger partial charge in [0.1, 0.15) is 0 Å². The normalized spacial score (nSPS) is 12.3. The fourth-order valence-electron chi connectivity index (χ4n) is 1.40. The van der Waals surface area contributed by atoms with Gasteiger partial charge in [0.25, 0.3) is 5.91 Å². The van der Waals surface area contributed by atoms with Crippen LogP contribution >= 0.6 is 0 Å². The topological polar surface area (TPSA) is 115 Å². The molecule has 0 spiro atoms. The Kier molecular flexibility index (Phi) is 3.03. The molecule has 1 atom stereocenters. The van der Waals surface area contributed by atoms with Gasteiger partial charge in [-0.2, -0.15) is 10.1 Å². The third-order valence-electron chi connectivity index (χ3n) is 2.12. The van der Waals surface area contributed by atoms with Crippen LogP contribution < -0.4 is 11.1 Å². The van der Waals surface area contributed by atoms with E-state index in [1.54, 1.807) is 10.9 Å². The van der Waals surface area contributed by atoms with Gasteiger partial charge >= 0.3 is 0 Å². The number of nitrogens with two attached hydrogens (primary N) is 1. The van der Waals surface area contributed by atoms with Gasteiger partial charge < -0.3 is 11.1 Å². The van der Waals surface area contributed by atoms with E-state index in [0.29, 0.717) is 6.54 Å². The zero-order valence-corrected chi connectivity index (χ0v) is 9.29. The molecular weight excluding hydrogens is 222 g/mol. The fraction of sp³-hybridized carbons (Fsp3) is 0.333. The van der Waals surface area contributed by atoms with Gasteiger partial charge in [0.2, 0.25) is 11.8 Å². The SMILES string of the molecule is CC(Cn1cccn1)NC(=O)c1nc(N)n[nH]1. The maximum atomic E-state index is 11.7. The first-order chi connectivity index (χ1) is 8.15. The molecule has 2 aromatic heterocycles. The summed E-state index contributed by atoms with van der Waals surface area (Å²) in [6.45, 7) is 2.46. The Labute approximate surface area is 97.2 Å². The molecule has 1 unspecified atom stereocenters. The van der Waals surface area contributed by atoms with Crippen molar-refractivity contribution in [2.24, 2.45) is 0 Å². The number of carbonyl (C=O) groups excluding carboxylic acids is 1.